The Bertz CT molecular complexity index is 1200. The maximum absolute atomic E-state index is 13.3. The fourth-order valence-corrected chi connectivity index (χ4v) is 5.55. The topological polar surface area (TPSA) is 150 Å². The van der Waals surface area contributed by atoms with Gasteiger partial charge in [-0.3, -0.25) is 18.8 Å². The average Bonchev–Trinajstić information content (AvgIpc) is 3.09. The zero-order valence-electron chi connectivity index (χ0n) is 16.6. The smallest absolute Gasteiger partial charge is 0.324 e. The van der Waals surface area contributed by atoms with Crippen LogP contribution in [0.4, 0.5) is 16.2 Å². The van der Waals surface area contributed by atoms with E-state index in [1.165, 1.54) is 36.2 Å². The number of hydrogen-bond acceptors (Lipinski definition) is 5. The highest BCUT2D eigenvalue weighted by atomic mass is 35.5. The van der Waals surface area contributed by atoms with Crippen molar-refractivity contribution in [3.05, 3.63) is 52.0 Å². The lowest BCUT2D eigenvalue weighted by Crippen LogP contribution is -2.38. The lowest BCUT2D eigenvalue weighted by atomic mass is 10.0. The highest BCUT2D eigenvalue weighted by molar-refractivity contribution is 7.92. The first kappa shape index (κ1) is 23.6. The molecule has 0 aliphatic carbocycles. The number of rotatable bonds is 6. The summed E-state index contributed by atoms with van der Waals surface area (Å²) in [5.41, 5.74) is 6.10. The number of nitrogens with two attached hydrogens (primary N) is 1. The van der Waals surface area contributed by atoms with Crippen molar-refractivity contribution < 1.29 is 27.9 Å². The lowest BCUT2D eigenvalue weighted by molar-refractivity contribution is -0.135. The first-order chi connectivity index (χ1) is 14.9. The van der Waals surface area contributed by atoms with Crippen LogP contribution in [-0.2, 0) is 19.6 Å². The Balaban J connectivity index is 2.16. The van der Waals surface area contributed by atoms with E-state index in [1.54, 1.807) is 0 Å². The lowest BCUT2D eigenvalue weighted by Gasteiger charge is -2.24. The van der Waals surface area contributed by atoms with Crippen molar-refractivity contribution in [2.75, 3.05) is 29.3 Å². The molecule has 0 aromatic heterocycles. The van der Waals surface area contributed by atoms with Crippen molar-refractivity contribution in [3.63, 3.8) is 0 Å². The van der Waals surface area contributed by atoms with Crippen LogP contribution < -0.4 is 20.3 Å². The number of hydrogen-bond donors (Lipinski definition) is 3. The number of aliphatic carboxylic acids is 1. The molecule has 0 saturated carbocycles. The minimum absolute atomic E-state index is 0.0349. The molecule has 2 aromatic rings. The largest absolute Gasteiger partial charge is 0.480 e. The van der Waals surface area contributed by atoms with Crippen LogP contribution in [-0.4, -0.2) is 51.6 Å². The molecule has 1 heterocycles. The Morgan fingerprint density at radius 1 is 1.19 bits per heavy atom. The number of urea groups is 1. The number of carboxylic acid groups (broad SMARTS) is 1. The molecular formula is C19H18Cl2N4O6S. The Labute approximate surface area is 193 Å². The monoisotopic (exact) mass is 500 g/mol. The standard InChI is InChI=1S/C19H18Cl2N4O6S/c1-23-19(29)24-8-15(18(22)28)14-7-12(2-3-16(14)24)25(9-17(26)27)32(30,31)13-5-10(20)4-11(21)6-13/h2-7,15H,8-9H2,1H3,(H2,22,28)(H,23,29)(H,26,27). The summed E-state index contributed by atoms with van der Waals surface area (Å²) in [6.45, 7) is -0.949. The van der Waals surface area contributed by atoms with Gasteiger partial charge in [-0.05, 0) is 42.0 Å². The molecule has 4 N–H and O–H groups in total. The normalized spacial score (nSPS) is 15.2. The van der Waals surface area contributed by atoms with E-state index in [9.17, 15) is 27.9 Å². The number of nitrogens with one attached hydrogen (secondary N) is 1. The van der Waals surface area contributed by atoms with E-state index in [0.717, 1.165) is 12.1 Å². The van der Waals surface area contributed by atoms with Crippen molar-refractivity contribution in [1.82, 2.24) is 5.32 Å². The second-order valence-electron chi connectivity index (χ2n) is 6.87. The second kappa shape index (κ2) is 8.85. The van der Waals surface area contributed by atoms with Crippen molar-refractivity contribution in [3.8, 4) is 0 Å². The number of carbonyl (C=O) groups is 3. The molecule has 0 fully saturated rings. The van der Waals surface area contributed by atoms with E-state index in [-0.39, 0.29) is 27.2 Å². The number of carbonyl (C=O) groups excluding carboxylic acids is 2. The van der Waals surface area contributed by atoms with Crippen molar-refractivity contribution in [1.29, 1.82) is 0 Å². The minimum atomic E-state index is -4.41. The molecule has 32 heavy (non-hydrogen) atoms. The van der Waals surface area contributed by atoms with Gasteiger partial charge in [-0.2, -0.15) is 0 Å². The Morgan fingerprint density at radius 3 is 2.34 bits per heavy atom. The third kappa shape index (κ3) is 4.45. The van der Waals surface area contributed by atoms with E-state index in [4.69, 9.17) is 28.9 Å². The Hall–Kier alpha value is -3.02. The van der Waals surface area contributed by atoms with Crippen LogP contribution in [0.1, 0.15) is 11.5 Å². The summed E-state index contributed by atoms with van der Waals surface area (Å²) in [6, 6.07) is 7.24. The van der Waals surface area contributed by atoms with E-state index < -0.39 is 40.4 Å². The summed E-state index contributed by atoms with van der Waals surface area (Å²) in [5, 5.41) is 11.9. The molecule has 0 saturated heterocycles. The summed E-state index contributed by atoms with van der Waals surface area (Å²) < 4.78 is 27.2. The highest BCUT2D eigenvalue weighted by Gasteiger charge is 2.37. The molecule has 0 radical (unpaired) electrons. The van der Waals surface area contributed by atoms with Crippen molar-refractivity contribution >= 4 is 62.5 Å². The van der Waals surface area contributed by atoms with Gasteiger partial charge in [0.1, 0.15) is 6.54 Å². The number of anilines is 2. The van der Waals surface area contributed by atoms with Crippen LogP contribution in [0.2, 0.25) is 10.0 Å². The predicted octanol–water partition coefficient (Wildman–Crippen LogP) is 2.00. The quantitative estimate of drug-likeness (QED) is 0.551. The highest BCUT2D eigenvalue weighted by Crippen LogP contribution is 2.39. The van der Waals surface area contributed by atoms with Gasteiger partial charge in [-0.25, -0.2) is 13.2 Å². The van der Waals surface area contributed by atoms with Crippen LogP contribution in [0, 0.1) is 0 Å². The number of carboxylic acids is 1. The third-order valence-corrected chi connectivity index (χ3v) is 7.02. The van der Waals surface area contributed by atoms with E-state index >= 15 is 0 Å². The van der Waals surface area contributed by atoms with E-state index in [2.05, 4.69) is 5.32 Å². The minimum Gasteiger partial charge on any atom is -0.480 e. The Kier molecular flexibility index (Phi) is 6.54. The van der Waals surface area contributed by atoms with Gasteiger partial charge in [0, 0.05) is 29.3 Å². The van der Waals surface area contributed by atoms with Crippen molar-refractivity contribution in [2.24, 2.45) is 5.73 Å². The summed E-state index contributed by atoms with van der Waals surface area (Å²) >= 11 is 11.8. The number of sulfonamides is 1. The Morgan fingerprint density at radius 2 is 1.81 bits per heavy atom. The summed E-state index contributed by atoms with van der Waals surface area (Å²) in [7, 11) is -2.99. The van der Waals surface area contributed by atoms with Gasteiger partial charge in [0.25, 0.3) is 10.0 Å². The molecule has 0 bridgehead atoms. The van der Waals surface area contributed by atoms with Gasteiger partial charge in [0.05, 0.1) is 16.5 Å². The van der Waals surface area contributed by atoms with Gasteiger partial charge in [0.2, 0.25) is 5.91 Å². The SMILES string of the molecule is CNC(=O)N1CC(C(N)=O)c2cc(N(CC(=O)O)S(=O)(=O)c3cc(Cl)cc(Cl)c3)ccc21. The van der Waals surface area contributed by atoms with Gasteiger partial charge < -0.3 is 16.2 Å². The number of fused-ring (bicyclic) bond motifs is 1. The van der Waals surface area contributed by atoms with Crippen LogP contribution in [0.3, 0.4) is 0 Å². The number of amides is 3. The zero-order valence-corrected chi connectivity index (χ0v) is 18.9. The maximum Gasteiger partial charge on any atom is 0.324 e. The predicted molar refractivity (Wildman–Crippen MR) is 119 cm³/mol. The fourth-order valence-electron chi connectivity index (χ4n) is 3.41. The molecular weight excluding hydrogens is 483 g/mol. The van der Waals surface area contributed by atoms with E-state index in [0.29, 0.717) is 15.6 Å². The molecule has 1 aliphatic heterocycles. The van der Waals surface area contributed by atoms with Gasteiger partial charge in [-0.1, -0.05) is 23.2 Å². The number of halogens is 2. The van der Waals surface area contributed by atoms with Gasteiger partial charge in [-0.15, -0.1) is 0 Å². The molecule has 1 aliphatic rings. The van der Waals surface area contributed by atoms with Crippen LogP contribution in [0.5, 0.6) is 0 Å². The van der Waals surface area contributed by atoms with E-state index in [1.807, 2.05) is 0 Å². The molecule has 3 rings (SSSR count). The van der Waals surface area contributed by atoms with Crippen LogP contribution >= 0.6 is 23.2 Å². The molecule has 13 heteroatoms. The maximum atomic E-state index is 13.3. The number of nitrogens with zero attached hydrogens (tertiary/aromatic N) is 2. The molecule has 1 unspecified atom stereocenters. The number of primary amides is 1. The summed E-state index contributed by atoms with van der Waals surface area (Å²) in [4.78, 5) is 36.6. The first-order valence-corrected chi connectivity index (χ1v) is 11.3. The zero-order chi connectivity index (χ0) is 23.8. The van der Waals surface area contributed by atoms with Crippen LogP contribution in [0.15, 0.2) is 41.3 Å². The summed E-state index contributed by atoms with van der Waals surface area (Å²) in [5.74, 6) is -3.04. The molecule has 10 nitrogen and oxygen atoms in total. The fraction of sp³-hybridized carbons (Fsp3) is 0.211. The molecule has 1 atom stereocenters. The summed E-state index contributed by atoms with van der Waals surface area (Å²) in [6.07, 6.45) is 0. The molecule has 170 valence electrons. The van der Waals surface area contributed by atoms with Crippen LogP contribution in [0.25, 0.3) is 0 Å². The van der Waals surface area contributed by atoms with Gasteiger partial charge >= 0.3 is 12.0 Å². The molecule has 0 spiro atoms. The van der Waals surface area contributed by atoms with Crippen molar-refractivity contribution in [2.45, 2.75) is 10.8 Å². The van der Waals surface area contributed by atoms with Gasteiger partial charge in [0.15, 0.2) is 0 Å². The first-order valence-electron chi connectivity index (χ1n) is 9.09. The third-order valence-electron chi connectivity index (χ3n) is 4.84. The second-order valence-corrected chi connectivity index (χ2v) is 9.61. The average molecular weight is 501 g/mol. The number of benzene rings is 2. The molecule has 2 aromatic carbocycles. The molecule has 3 amide bonds.